The Kier molecular flexibility index (Phi) is 3.27. The van der Waals surface area contributed by atoms with E-state index >= 15 is 0 Å². The number of nitrogens with one attached hydrogen (secondary N) is 1. The van der Waals surface area contributed by atoms with Crippen LogP contribution in [0.4, 0.5) is 4.39 Å². The molecule has 1 fully saturated rings. The lowest BCUT2D eigenvalue weighted by atomic mass is 10.1. The van der Waals surface area contributed by atoms with Gasteiger partial charge in [0.25, 0.3) is 5.89 Å². The van der Waals surface area contributed by atoms with Gasteiger partial charge < -0.3 is 14.6 Å². The number of morpholine rings is 1. The van der Waals surface area contributed by atoms with Crippen molar-refractivity contribution < 1.29 is 13.7 Å². The van der Waals surface area contributed by atoms with Crippen LogP contribution in [0.15, 0.2) is 22.7 Å². The highest BCUT2D eigenvalue weighted by Crippen LogP contribution is 2.24. The largest absolute Gasteiger partial charge is 0.378 e. The van der Waals surface area contributed by atoms with Crippen molar-refractivity contribution in [3.05, 3.63) is 35.4 Å². The van der Waals surface area contributed by atoms with Crippen molar-refractivity contribution in [2.45, 2.75) is 13.0 Å². The number of aromatic nitrogens is 2. The minimum atomic E-state index is -0.275. The van der Waals surface area contributed by atoms with Crippen molar-refractivity contribution in [1.82, 2.24) is 15.5 Å². The van der Waals surface area contributed by atoms with Crippen LogP contribution in [-0.2, 0) is 4.74 Å². The Morgan fingerprint density at radius 3 is 3.05 bits per heavy atom. The van der Waals surface area contributed by atoms with Crippen molar-refractivity contribution in [3.63, 3.8) is 0 Å². The molecule has 2 aromatic rings. The van der Waals surface area contributed by atoms with Gasteiger partial charge >= 0.3 is 0 Å². The average molecular weight is 263 g/mol. The summed E-state index contributed by atoms with van der Waals surface area (Å²) < 4.78 is 23.7. The number of benzene rings is 1. The van der Waals surface area contributed by atoms with Crippen LogP contribution < -0.4 is 5.32 Å². The number of halogens is 1. The van der Waals surface area contributed by atoms with Gasteiger partial charge in [-0.25, -0.2) is 4.39 Å². The minimum absolute atomic E-state index is 0.0491. The number of nitrogens with zero attached hydrogens (tertiary/aromatic N) is 2. The lowest BCUT2D eigenvalue weighted by Crippen LogP contribution is -2.35. The van der Waals surface area contributed by atoms with Crippen LogP contribution in [0, 0.1) is 12.7 Å². The molecule has 1 atom stereocenters. The van der Waals surface area contributed by atoms with E-state index in [1.54, 1.807) is 6.07 Å². The Morgan fingerprint density at radius 2 is 2.32 bits per heavy atom. The van der Waals surface area contributed by atoms with Gasteiger partial charge in [0, 0.05) is 12.1 Å². The SMILES string of the molecule is Cc1cc(F)ccc1-c1nc(C2COCCN2)no1. The van der Waals surface area contributed by atoms with Crippen LogP contribution in [0.3, 0.4) is 0 Å². The number of hydrogen-bond acceptors (Lipinski definition) is 5. The normalized spacial score (nSPS) is 19.6. The fourth-order valence-corrected chi connectivity index (χ4v) is 2.08. The fourth-order valence-electron chi connectivity index (χ4n) is 2.08. The molecular weight excluding hydrogens is 249 g/mol. The topological polar surface area (TPSA) is 60.2 Å². The van der Waals surface area contributed by atoms with Crippen molar-refractivity contribution in [3.8, 4) is 11.5 Å². The van der Waals surface area contributed by atoms with Gasteiger partial charge in [-0.2, -0.15) is 4.98 Å². The van der Waals surface area contributed by atoms with E-state index in [4.69, 9.17) is 9.26 Å². The van der Waals surface area contributed by atoms with Gasteiger partial charge in [0.05, 0.1) is 19.3 Å². The Hall–Kier alpha value is -1.79. The third kappa shape index (κ3) is 2.50. The second-order valence-corrected chi connectivity index (χ2v) is 4.50. The van der Waals surface area contributed by atoms with Crippen LogP contribution >= 0.6 is 0 Å². The van der Waals surface area contributed by atoms with Gasteiger partial charge in [-0.05, 0) is 30.7 Å². The lowest BCUT2D eigenvalue weighted by molar-refractivity contribution is 0.0734. The molecule has 1 aromatic carbocycles. The first-order chi connectivity index (χ1) is 9.24. The summed E-state index contributed by atoms with van der Waals surface area (Å²) in [6.07, 6.45) is 0. The van der Waals surface area contributed by atoms with E-state index in [9.17, 15) is 4.39 Å². The summed E-state index contributed by atoms with van der Waals surface area (Å²) in [6.45, 7) is 3.80. The van der Waals surface area contributed by atoms with E-state index in [1.807, 2.05) is 6.92 Å². The molecule has 0 spiro atoms. The number of ether oxygens (including phenoxy) is 1. The molecular formula is C13H14FN3O2. The molecule has 0 aliphatic carbocycles. The van der Waals surface area contributed by atoms with Crippen LogP contribution in [0.5, 0.6) is 0 Å². The Labute approximate surface area is 109 Å². The molecule has 1 aliphatic rings. The molecule has 1 aliphatic heterocycles. The zero-order valence-electron chi connectivity index (χ0n) is 10.5. The second kappa shape index (κ2) is 5.07. The summed E-state index contributed by atoms with van der Waals surface area (Å²) in [4.78, 5) is 4.35. The summed E-state index contributed by atoms with van der Waals surface area (Å²) in [6, 6.07) is 4.43. The quantitative estimate of drug-likeness (QED) is 0.896. The van der Waals surface area contributed by atoms with Gasteiger partial charge in [0.1, 0.15) is 5.82 Å². The molecule has 1 aromatic heterocycles. The molecule has 0 bridgehead atoms. The molecule has 6 heteroatoms. The van der Waals surface area contributed by atoms with E-state index in [1.165, 1.54) is 12.1 Å². The Bertz CT molecular complexity index is 579. The fraction of sp³-hybridized carbons (Fsp3) is 0.385. The maximum absolute atomic E-state index is 13.1. The predicted molar refractivity (Wildman–Crippen MR) is 66.0 cm³/mol. The molecule has 0 saturated carbocycles. The van der Waals surface area contributed by atoms with Crippen LogP contribution in [0.1, 0.15) is 17.4 Å². The summed E-state index contributed by atoms with van der Waals surface area (Å²) in [7, 11) is 0. The smallest absolute Gasteiger partial charge is 0.258 e. The highest BCUT2D eigenvalue weighted by atomic mass is 19.1. The third-order valence-corrected chi connectivity index (χ3v) is 3.09. The molecule has 0 amide bonds. The molecule has 19 heavy (non-hydrogen) atoms. The third-order valence-electron chi connectivity index (χ3n) is 3.09. The monoisotopic (exact) mass is 263 g/mol. The second-order valence-electron chi connectivity index (χ2n) is 4.50. The van der Waals surface area contributed by atoms with Gasteiger partial charge in [-0.15, -0.1) is 0 Å². The van der Waals surface area contributed by atoms with Crippen LogP contribution in [-0.4, -0.2) is 29.9 Å². The zero-order valence-corrected chi connectivity index (χ0v) is 10.5. The van der Waals surface area contributed by atoms with Crippen molar-refractivity contribution in [2.75, 3.05) is 19.8 Å². The molecule has 0 radical (unpaired) electrons. The zero-order chi connectivity index (χ0) is 13.2. The predicted octanol–water partition coefficient (Wildman–Crippen LogP) is 1.85. The summed E-state index contributed by atoms with van der Waals surface area (Å²) in [5.41, 5.74) is 1.51. The molecule has 1 unspecified atom stereocenters. The maximum Gasteiger partial charge on any atom is 0.258 e. The maximum atomic E-state index is 13.1. The molecule has 5 nitrogen and oxygen atoms in total. The van der Waals surface area contributed by atoms with Crippen molar-refractivity contribution in [1.29, 1.82) is 0 Å². The lowest BCUT2D eigenvalue weighted by Gasteiger charge is -2.20. The molecule has 2 heterocycles. The van der Waals surface area contributed by atoms with Crippen molar-refractivity contribution >= 4 is 0 Å². The summed E-state index contributed by atoms with van der Waals surface area (Å²) in [5.74, 6) is 0.696. The van der Waals surface area contributed by atoms with Gasteiger partial charge in [0.15, 0.2) is 5.82 Å². The molecule has 1 saturated heterocycles. The average Bonchev–Trinajstić information content (AvgIpc) is 2.89. The highest BCUT2D eigenvalue weighted by molar-refractivity contribution is 5.57. The number of aryl methyl sites for hydroxylation is 1. The van der Waals surface area contributed by atoms with Crippen LogP contribution in [0.2, 0.25) is 0 Å². The van der Waals surface area contributed by atoms with Crippen molar-refractivity contribution in [2.24, 2.45) is 0 Å². The summed E-state index contributed by atoms with van der Waals surface area (Å²) >= 11 is 0. The summed E-state index contributed by atoms with van der Waals surface area (Å²) in [5, 5.41) is 7.21. The van der Waals surface area contributed by atoms with Gasteiger partial charge in [-0.1, -0.05) is 5.16 Å². The molecule has 3 rings (SSSR count). The van der Waals surface area contributed by atoms with E-state index < -0.39 is 0 Å². The first-order valence-corrected chi connectivity index (χ1v) is 6.15. The van der Waals surface area contributed by atoms with Gasteiger partial charge in [0.2, 0.25) is 0 Å². The minimum Gasteiger partial charge on any atom is -0.378 e. The van der Waals surface area contributed by atoms with E-state index in [2.05, 4.69) is 15.5 Å². The molecule has 1 N–H and O–H groups in total. The van der Waals surface area contributed by atoms with Crippen LogP contribution in [0.25, 0.3) is 11.5 Å². The van der Waals surface area contributed by atoms with E-state index in [0.717, 1.165) is 17.7 Å². The first kappa shape index (κ1) is 12.3. The highest BCUT2D eigenvalue weighted by Gasteiger charge is 2.21. The number of hydrogen-bond donors (Lipinski definition) is 1. The first-order valence-electron chi connectivity index (χ1n) is 6.15. The molecule has 100 valence electrons. The standard InChI is InChI=1S/C13H14FN3O2/c1-8-6-9(14)2-3-10(8)13-16-12(17-19-13)11-7-18-5-4-15-11/h2-3,6,11,15H,4-5,7H2,1H3. The van der Waals surface area contributed by atoms with E-state index in [-0.39, 0.29) is 11.9 Å². The Morgan fingerprint density at radius 1 is 1.42 bits per heavy atom. The van der Waals surface area contributed by atoms with E-state index in [0.29, 0.717) is 24.9 Å². The van der Waals surface area contributed by atoms with Gasteiger partial charge in [-0.3, -0.25) is 0 Å². The number of rotatable bonds is 2. The Balaban J connectivity index is 1.87.